The Hall–Kier alpha value is -3.85. The number of fused-ring (bicyclic) bond motifs is 3. The molecule has 140 valence electrons. The van der Waals surface area contributed by atoms with E-state index in [-0.39, 0.29) is 11.7 Å². The van der Waals surface area contributed by atoms with Crippen molar-refractivity contribution in [3.8, 4) is 11.1 Å². The summed E-state index contributed by atoms with van der Waals surface area (Å²) in [5.74, 6) is -0.607. The summed E-state index contributed by atoms with van der Waals surface area (Å²) in [6.45, 7) is 0. The van der Waals surface area contributed by atoms with E-state index < -0.39 is 5.91 Å². The molecule has 1 aliphatic rings. The summed E-state index contributed by atoms with van der Waals surface area (Å²) in [5.41, 5.74) is 12.6. The predicted octanol–water partition coefficient (Wildman–Crippen LogP) is 3.24. The Morgan fingerprint density at radius 2 is 1.93 bits per heavy atom. The largest absolute Gasteiger partial charge is 0.374 e. The van der Waals surface area contributed by atoms with Crippen LogP contribution in [0.1, 0.15) is 27.7 Å². The van der Waals surface area contributed by atoms with Gasteiger partial charge in [-0.05, 0) is 23.8 Å². The second-order valence-corrected chi connectivity index (χ2v) is 7.42. The van der Waals surface area contributed by atoms with Gasteiger partial charge in [0.25, 0.3) is 5.91 Å². The summed E-state index contributed by atoms with van der Waals surface area (Å²) < 4.78 is 8.66. The number of benzene rings is 2. The molecular formula is C20H13N7OS. The first-order valence-electron chi connectivity index (χ1n) is 8.96. The lowest BCUT2D eigenvalue weighted by molar-refractivity contribution is 0.0995. The van der Waals surface area contributed by atoms with Crippen LogP contribution in [0.3, 0.4) is 0 Å². The summed E-state index contributed by atoms with van der Waals surface area (Å²) in [6, 6.07) is 13.7. The van der Waals surface area contributed by atoms with Crippen molar-refractivity contribution in [1.29, 1.82) is 0 Å². The Labute approximate surface area is 168 Å². The molecule has 0 saturated heterocycles. The molecule has 1 atom stereocenters. The van der Waals surface area contributed by atoms with Gasteiger partial charge in [-0.2, -0.15) is 8.75 Å². The van der Waals surface area contributed by atoms with Crippen molar-refractivity contribution < 1.29 is 4.79 Å². The molecule has 0 bridgehead atoms. The fraction of sp³-hybridized carbons (Fsp3) is 0.0500. The average Bonchev–Trinajstić information content (AvgIpc) is 3.34. The van der Waals surface area contributed by atoms with E-state index in [4.69, 9.17) is 5.73 Å². The third-order valence-corrected chi connectivity index (χ3v) is 5.84. The molecule has 29 heavy (non-hydrogen) atoms. The highest BCUT2D eigenvalue weighted by molar-refractivity contribution is 7.00. The highest BCUT2D eigenvalue weighted by Gasteiger charge is 2.30. The molecule has 3 aromatic heterocycles. The second-order valence-electron chi connectivity index (χ2n) is 6.89. The summed E-state index contributed by atoms with van der Waals surface area (Å²) >= 11 is 1.19. The standard InChI is InChI=1S/C20H13N7OS/c21-19(28)18-15-10-3-1-2-4-12(10)23-17(11-8-22-20(16(11)15)25-24-18)9-5-6-13-14(7-9)27-29-26-13/h1-8,17,23H,(H2,21,28)(H,22,25). The van der Waals surface area contributed by atoms with E-state index >= 15 is 0 Å². The van der Waals surface area contributed by atoms with Gasteiger partial charge in [-0.3, -0.25) is 4.79 Å². The number of hydrogen-bond donors (Lipinski definition) is 3. The number of H-pyrrole nitrogens is 1. The van der Waals surface area contributed by atoms with Crippen LogP contribution in [0.25, 0.3) is 33.2 Å². The Bertz CT molecular complexity index is 1440. The van der Waals surface area contributed by atoms with Gasteiger partial charge in [-0.1, -0.05) is 24.3 Å². The van der Waals surface area contributed by atoms with Crippen LogP contribution in [0.4, 0.5) is 5.69 Å². The van der Waals surface area contributed by atoms with Gasteiger partial charge in [-0.25, -0.2) is 0 Å². The van der Waals surface area contributed by atoms with Crippen molar-refractivity contribution in [2.45, 2.75) is 6.04 Å². The van der Waals surface area contributed by atoms with Gasteiger partial charge in [0, 0.05) is 34.0 Å². The predicted molar refractivity (Wildman–Crippen MR) is 111 cm³/mol. The first-order chi connectivity index (χ1) is 14.2. The van der Waals surface area contributed by atoms with Crippen molar-refractivity contribution in [3.63, 3.8) is 0 Å². The first kappa shape index (κ1) is 16.1. The number of nitrogens with zero attached hydrogens (tertiary/aromatic N) is 4. The quantitative estimate of drug-likeness (QED) is 0.419. The molecule has 0 radical (unpaired) electrons. The molecule has 8 nitrogen and oxygen atoms in total. The lowest BCUT2D eigenvalue weighted by Gasteiger charge is -2.19. The van der Waals surface area contributed by atoms with Crippen LogP contribution in [-0.2, 0) is 0 Å². The molecule has 9 heteroatoms. The van der Waals surface area contributed by atoms with Gasteiger partial charge in [-0.15, -0.1) is 10.2 Å². The van der Waals surface area contributed by atoms with Gasteiger partial charge in [0.2, 0.25) is 0 Å². The fourth-order valence-electron chi connectivity index (χ4n) is 4.00. The molecule has 4 heterocycles. The van der Waals surface area contributed by atoms with Crippen LogP contribution in [0.5, 0.6) is 0 Å². The minimum absolute atomic E-state index is 0.160. The van der Waals surface area contributed by atoms with Crippen LogP contribution in [0.2, 0.25) is 0 Å². The van der Waals surface area contributed by atoms with Gasteiger partial charge in [0.05, 0.1) is 17.8 Å². The number of carbonyl (C=O) groups is 1. The Morgan fingerprint density at radius 1 is 1.07 bits per heavy atom. The van der Waals surface area contributed by atoms with E-state index in [2.05, 4.69) is 29.2 Å². The van der Waals surface area contributed by atoms with Crippen molar-refractivity contribution >= 4 is 45.4 Å². The van der Waals surface area contributed by atoms with Crippen LogP contribution >= 0.6 is 11.7 Å². The van der Waals surface area contributed by atoms with E-state index in [1.807, 2.05) is 48.7 Å². The molecule has 1 unspecified atom stereocenters. The molecule has 0 aliphatic carbocycles. The number of para-hydroxylation sites is 1. The number of nitrogens with two attached hydrogens (primary N) is 1. The number of anilines is 1. The number of rotatable bonds is 2. The zero-order valence-electron chi connectivity index (χ0n) is 14.9. The number of carbonyl (C=O) groups excluding carboxylic acids is 1. The number of primary amides is 1. The fourth-order valence-corrected chi connectivity index (χ4v) is 4.52. The topological polar surface area (TPSA) is 122 Å². The number of nitrogens with one attached hydrogen (secondary N) is 2. The smallest absolute Gasteiger partial charge is 0.269 e. The number of amides is 1. The number of aromatic amines is 1. The average molecular weight is 399 g/mol. The summed E-state index contributed by atoms with van der Waals surface area (Å²) in [7, 11) is 0. The highest BCUT2D eigenvalue weighted by Crippen LogP contribution is 2.44. The molecule has 0 saturated carbocycles. The van der Waals surface area contributed by atoms with Crippen molar-refractivity contribution in [2.75, 3.05) is 5.32 Å². The summed E-state index contributed by atoms with van der Waals surface area (Å²) in [4.78, 5) is 15.3. The Kier molecular flexibility index (Phi) is 3.24. The van der Waals surface area contributed by atoms with Gasteiger partial charge >= 0.3 is 0 Å². The lowest BCUT2D eigenvalue weighted by Crippen LogP contribution is -2.15. The maximum Gasteiger partial charge on any atom is 0.269 e. The molecule has 0 fully saturated rings. The Balaban J connectivity index is 1.70. The van der Waals surface area contributed by atoms with Crippen molar-refractivity contribution in [1.82, 2.24) is 23.9 Å². The van der Waals surface area contributed by atoms with E-state index in [9.17, 15) is 4.79 Å². The maximum absolute atomic E-state index is 12.1. The van der Waals surface area contributed by atoms with Crippen molar-refractivity contribution in [2.24, 2.45) is 5.73 Å². The molecule has 5 aromatic rings. The minimum Gasteiger partial charge on any atom is -0.374 e. The van der Waals surface area contributed by atoms with Gasteiger partial charge in [0.15, 0.2) is 11.3 Å². The molecule has 1 amide bonds. The summed E-state index contributed by atoms with van der Waals surface area (Å²) in [6.07, 6.45) is 1.90. The number of aromatic nitrogens is 5. The Morgan fingerprint density at radius 3 is 2.83 bits per heavy atom. The molecule has 0 spiro atoms. The van der Waals surface area contributed by atoms with E-state index in [0.29, 0.717) is 11.2 Å². The number of hydrogen-bond acceptors (Lipinski definition) is 7. The van der Waals surface area contributed by atoms with Crippen LogP contribution in [-0.4, -0.2) is 29.8 Å². The lowest BCUT2D eigenvalue weighted by atomic mass is 9.95. The van der Waals surface area contributed by atoms with Gasteiger partial charge < -0.3 is 16.0 Å². The minimum atomic E-state index is -0.607. The van der Waals surface area contributed by atoms with Crippen LogP contribution in [0.15, 0.2) is 48.7 Å². The molecule has 6 rings (SSSR count). The zero-order chi connectivity index (χ0) is 19.5. The highest BCUT2D eigenvalue weighted by atomic mass is 32.1. The van der Waals surface area contributed by atoms with Crippen LogP contribution < -0.4 is 11.1 Å². The normalized spacial score (nSPS) is 15.1. The monoisotopic (exact) mass is 399 g/mol. The van der Waals surface area contributed by atoms with E-state index in [1.54, 1.807) is 0 Å². The second kappa shape index (κ2) is 5.82. The molecular weight excluding hydrogens is 386 g/mol. The summed E-state index contributed by atoms with van der Waals surface area (Å²) in [5, 5.41) is 12.8. The first-order valence-corrected chi connectivity index (χ1v) is 9.69. The molecule has 1 aliphatic heterocycles. The third kappa shape index (κ3) is 2.28. The zero-order valence-corrected chi connectivity index (χ0v) is 15.7. The van der Waals surface area contributed by atoms with Crippen molar-refractivity contribution in [3.05, 3.63) is 65.5 Å². The van der Waals surface area contributed by atoms with E-state index in [0.717, 1.165) is 38.8 Å². The molecule has 2 aromatic carbocycles. The molecule has 4 N–H and O–H groups in total. The SMILES string of the molecule is NC(=O)c1nnc2[nH]cc3c2c1-c1ccccc1NC3c1ccc2nsnc2c1. The third-order valence-electron chi connectivity index (χ3n) is 5.28. The van der Waals surface area contributed by atoms with Crippen LogP contribution in [0, 0.1) is 0 Å². The maximum atomic E-state index is 12.1. The van der Waals surface area contributed by atoms with E-state index in [1.165, 1.54) is 11.7 Å². The van der Waals surface area contributed by atoms with Gasteiger partial charge in [0.1, 0.15) is 11.0 Å².